The number of hydrogen-bond acceptors (Lipinski definition) is 3. The minimum Gasteiger partial charge on any atom is -0.481 e. The standard InChI is InChI=1S/C12H14N2O3/c1-8-12(9-4-3-7-17-9)14(2)10(13-8)5-6-11(15)16/h3-4,7H,5-6H2,1-2H3,(H,15,16). The Morgan fingerprint density at radius 1 is 1.59 bits per heavy atom. The highest BCUT2D eigenvalue weighted by molar-refractivity contribution is 5.67. The highest BCUT2D eigenvalue weighted by Crippen LogP contribution is 2.24. The summed E-state index contributed by atoms with van der Waals surface area (Å²) >= 11 is 0. The molecule has 2 heterocycles. The topological polar surface area (TPSA) is 68.3 Å². The summed E-state index contributed by atoms with van der Waals surface area (Å²) in [4.78, 5) is 14.9. The fraction of sp³-hybridized carbons (Fsp3) is 0.333. The quantitative estimate of drug-likeness (QED) is 0.878. The Morgan fingerprint density at radius 3 is 2.94 bits per heavy atom. The van der Waals surface area contributed by atoms with Gasteiger partial charge in [0, 0.05) is 13.5 Å². The number of rotatable bonds is 4. The molecular formula is C12H14N2O3. The molecule has 0 saturated carbocycles. The van der Waals surface area contributed by atoms with Crippen LogP contribution < -0.4 is 0 Å². The Balaban J connectivity index is 2.32. The summed E-state index contributed by atoms with van der Waals surface area (Å²) in [7, 11) is 1.87. The van der Waals surface area contributed by atoms with E-state index in [9.17, 15) is 4.79 Å². The number of aromatic nitrogens is 2. The number of imidazole rings is 1. The van der Waals surface area contributed by atoms with Gasteiger partial charge >= 0.3 is 5.97 Å². The van der Waals surface area contributed by atoms with Crippen LogP contribution in [0.3, 0.4) is 0 Å². The second kappa shape index (κ2) is 4.45. The Hall–Kier alpha value is -2.04. The molecule has 0 aliphatic rings. The minimum absolute atomic E-state index is 0.0852. The minimum atomic E-state index is -0.815. The van der Waals surface area contributed by atoms with E-state index in [-0.39, 0.29) is 6.42 Å². The molecule has 0 unspecified atom stereocenters. The van der Waals surface area contributed by atoms with E-state index in [1.165, 1.54) is 0 Å². The number of carboxylic acids is 1. The van der Waals surface area contributed by atoms with Gasteiger partial charge in [0.1, 0.15) is 11.5 Å². The van der Waals surface area contributed by atoms with Gasteiger partial charge in [-0.1, -0.05) is 0 Å². The predicted octanol–water partition coefficient (Wildman–Crippen LogP) is 2.01. The number of carboxylic acid groups (broad SMARTS) is 1. The van der Waals surface area contributed by atoms with E-state index in [2.05, 4.69) is 4.98 Å². The molecule has 17 heavy (non-hydrogen) atoms. The zero-order chi connectivity index (χ0) is 12.4. The Kier molecular flexibility index (Phi) is 2.99. The molecule has 5 nitrogen and oxygen atoms in total. The van der Waals surface area contributed by atoms with E-state index in [0.29, 0.717) is 6.42 Å². The van der Waals surface area contributed by atoms with Gasteiger partial charge < -0.3 is 14.1 Å². The molecule has 0 atom stereocenters. The number of aliphatic carboxylic acids is 1. The first-order valence-corrected chi connectivity index (χ1v) is 5.37. The third-order valence-electron chi connectivity index (χ3n) is 2.68. The summed E-state index contributed by atoms with van der Waals surface area (Å²) in [6.07, 6.45) is 2.12. The molecule has 0 aliphatic heterocycles. The second-order valence-electron chi connectivity index (χ2n) is 3.89. The summed E-state index contributed by atoms with van der Waals surface area (Å²) in [5.74, 6) is 0.695. The lowest BCUT2D eigenvalue weighted by molar-refractivity contribution is -0.137. The zero-order valence-electron chi connectivity index (χ0n) is 9.80. The van der Waals surface area contributed by atoms with Gasteiger partial charge in [0.25, 0.3) is 0 Å². The van der Waals surface area contributed by atoms with Crippen molar-refractivity contribution in [3.05, 3.63) is 29.9 Å². The van der Waals surface area contributed by atoms with Crippen molar-refractivity contribution in [2.75, 3.05) is 0 Å². The maximum absolute atomic E-state index is 10.5. The van der Waals surface area contributed by atoms with Gasteiger partial charge in [-0.2, -0.15) is 0 Å². The molecule has 90 valence electrons. The fourth-order valence-corrected chi connectivity index (χ4v) is 1.89. The number of carbonyl (C=O) groups is 1. The van der Waals surface area contributed by atoms with E-state index in [1.807, 2.05) is 30.7 Å². The number of nitrogens with zero attached hydrogens (tertiary/aromatic N) is 2. The van der Waals surface area contributed by atoms with Crippen molar-refractivity contribution in [3.8, 4) is 11.5 Å². The van der Waals surface area contributed by atoms with Crippen LogP contribution >= 0.6 is 0 Å². The van der Waals surface area contributed by atoms with Crippen LogP contribution in [0, 0.1) is 6.92 Å². The summed E-state index contributed by atoms with van der Waals surface area (Å²) in [6.45, 7) is 1.89. The Labute approximate surface area is 98.7 Å². The molecule has 2 aromatic heterocycles. The maximum Gasteiger partial charge on any atom is 0.303 e. The van der Waals surface area contributed by atoms with E-state index in [0.717, 1.165) is 23.0 Å². The van der Waals surface area contributed by atoms with Gasteiger partial charge in [0.2, 0.25) is 0 Å². The lowest BCUT2D eigenvalue weighted by atomic mass is 10.3. The summed E-state index contributed by atoms with van der Waals surface area (Å²) < 4.78 is 7.23. The third kappa shape index (κ3) is 2.22. The van der Waals surface area contributed by atoms with E-state index < -0.39 is 5.97 Å². The largest absolute Gasteiger partial charge is 0.481 e. The predicted molar refractivity (Wildman–Crippen MR) is 61.6 cm³/mol. The highest BCUT2D eigenvalue weighted by atomic mass is 16.4. The van der Waals surface area contributed by atoms with Crippen LogP contribution in [0.2, 0.25) is 0 Å². The van der Waals surface area contributed by atoms with Gasteiger partial charge in [-0.3, -0.25) is 4.79 Å². The first-order chi connectivity index (χ1) is 8.09. The van der Waals surface area contributed by atoms with Crippen LogP contribution in [0.25, 0.3) is 11.5 Å². The van der Waals surface area contributed by atoms with Crippen LogP contribution in [0.15, 0.2) is 22.8 Å². The van der Waals surface area contributed by atoms with Crippen LogP contribution in [0.4, 0.5) is 0 Å². The molecule has 1 N–H and O–H groups in total. The molecular weight excluding hydrogens is 220 g/mol. The average Bonchev–Trinajstić information content (AvgIpc) is 2.84. The van der Waals surface area contributed by atoms with Crippen molar-refractivity contribution in [1.29, 1.82) is 0 Å². The highest BCUT2D eigenvalue weighted by Gasteiger charge is 2.15. The SMILES string of the molecule is Cc1nc(CCC(=O)O)n(C)c1-c1ccco1. The van der Waals surface area contributed by atoms with Crippen molar-refractivity contribution in [2.45, 2.75) is 19.8 Å². The molecule has 0 spiro atoms. The van der Waals surface area contributed by atoms with Crippen molar-refractivity contribution in [1.82, 2.24) is 9.55 Å². The maximum atomic E-state index is 10.5. The van der Waals surface area contributed by atoms with Crippen LogP contribution in [0.1, 0.15) is 17.9 Å². The lowest BCUT2D eigenvalue weighted by Crippen LogP contribution is -2.03. The smallest absolute Gasteiger partial charge is 0.303 e. The Morgan fingerprint density at radius 2 is 2.35 bits per heavy atom. The summed E-state index contributed by atoms with van der Waals surface area (Å²) in [6, 6.07) is 3.68. The van der Waals surface area contributed by atoms with Crippen molar-refractivity contribution < 1.29 is 14.3 Å². The van der Waals surface area contributed by atoms with Crippen LogP contribution in [-0.2, 0) is 18.3 Å². The van der Waals surface area contributed by atoms with Crippen LogP contribution in [0.5, 0.6) is 0 Å². The molecule has 5 heteroatoms. The summed E-state index contributed by atoms with van der Waals surface area (Å²) in [5.41, 5.74) is 1.75. The average molecular weight is 234 g/mol. The van der Waals surface area contributed by atoms with Gasteiger partial charge in [0.15, 0.2) is 5.76 Å². The van der Waals surface area contributed by atoms with Gasteiger partial charge in [-0.25, -0.2) is 4.98 Å². The van der Waals surface area contributed by atoms with Crippen molar-refractivity contribution in [2.24, 2.45) is 7.05 Å². The fourth-order valence-electron chi connectivity index (χ4n) is 1.89. The molecule has 0 saturated heterocycles. The summed E-state index contributed by atoms with van der Waals surface area (Å²) in [5, 5.41) is 8.67. The molecule has 0 fully saturated rings. The lowest BCUT2D eigenvalue weighted by Gasteiger charge is -2.03. The second-order valence-corrected chi connectivity index (χ2v) is 3.89. The van der Waals surface area contributed by atoms with Crippen molar-refractivity contribution in [3.63, 3.8) is 0 Å². The molecule has 0 bridgehead atoms. The van der Waals surface area contributed by atoms with Gasteiger partial charge in [0.05, 0.1) is 18.4 Å². The third-order valence-corrected chi connectivity index (χ3v) is 2.68. The zero-order valence-corrected chi connectivity index (χ0v) is 9.80. The first-order valence-electron chi connectivity index (χ1n) is 5.37. The molecule has 2 aromatic rings. The van der Waals surface area contributed by atoms with Gasteiger partial charge in [-0.05, 0) is 19.1 Å². The number of furan rings is 1. The molecule has 0 aliphatic carbocycles. The molecule has 0 amide bonds. The number of hydrogen-bond donors (Lipinski definition) is 1. The molecule has 2 rings (SSSR count). The Bertz CT molecular complexity index is 526. The number of aryl methyl sites for hydroxylation is 2. The van der Waals surface area contributed by atoms with E-state index >= 15 is 0 Å². The van der Waals surface area contributed by atoms with E-state index in [1.54, 1.807) is 6.26 Å². The molecule has 0 radical (unpaired) electrons. The molecule has 0 aromatic carbocycles. The van der Waals surface area contributed by atoms with Crippen LogP contribution in [-0.4, -0.2) is 20.6 Å². The van der Waals surface area contributed by atoms with E-state index in [4.69, 9.17) is 9.52 Å². The normalized spacial score (nSPS) is 10.7. The monoisotopic (exact) mass is 234 g/mol. The van der Waals surface area contributed by atoms with Crippen molar-refractivity contribution >= 4 is 5.97 Å². The first kappa shape index (κ1) is 11.4. The van der Waals surface area contributed by atoms with Gasteiger partial charge in [-0.15, -0.1) is 0 Å².